The van der Waals surface area contributed by atoms with Crippen LogP contribution in [-0.4, -0.2) is 18.3 Å². The van der Waals surface area contributed by atoms with E-state index in [1.807, 2.05) is 13.0 Å². The van der Waals surface area contributed by atoms with Crippen molar-refractivity contribution in [2.45, 2.75) is 26.8 Å². The molecule has 1 aromatic rings. The highest BCUT2D eigenvalue weighted by atomic mass is 16.3. The largest absolute Gasteiger partial charge is 0.394 e. The molecule has 0 heterocycles. The summed E-state index contributed by atoms with van der Waals surface area (Å²) < 4.78 is 0. The van der Waals surface area contributed by atoms with Crippen molar-refractivity contribution in [3.8, 4) is 0 Å². The van der Waals surface area contributed by atoms with E-state index in [1.54, 1.807) is 0 Å². The molecule has 0 radical (unpaired) electrons. The Labute approximate surface area is 86.0 Å². The smallest absolute Gasteiger partial charge is 0.0626 e. The summed E-state index contributed by atoms with van der Waals surface area (Å²) in [5.41, 5.74) is 3.75. The Morgan fingerprint density at radius 2 is 2.07 bits per heavy atom. The second-order valence-corrected chi connectivity index (χ2v) is 3.58. The van der Waals surface area contributed by atoms with Gasteiger partial charge in [-0.05, 0) is 37.1 Å². The van der Waals surface area contributed by atoms with Crippen LogP contribution in [0.25, 0.3) is 0 Å². The zero-order valence-electron chi connectivity index (χ0n) is 9.17. The van der Waals surface area contributed by atoms with Crippen LogP contribution in [0.1, 0.15) is 29.7 Å². The third-order valence-corrected chi connectivity index (χ3v) is 2.66. The third kappa shape index (κ3) is 2.34. The summed E-state index contributed by atoms with van der Waals surface area (Å²) in [7, 11) is 0. The fourth-order valence-electron chi connectivity index (χ4n) is 1.67. The molecule has 1 atom stereocenters. The average Bonchev–Trinajstić information content (AvgIpc) is 2.19. The maximum atomic E-state index is 9.26. The van der Waals surface area contributed by atoms with Gasteiger partial charge in [0.05, 0.1) is 12.6 Å². The van der Waals surface area contributed by atoms with Crippen LogP contribution in [0.2, 0.25) is 0 Å². The SMILES string of the molecule is CCNC(CO)c1cccc(C)c1C. The lowest BCUT2D eigenvalue weighted by molar-refractivity contribution is 0.246. The summed E-state index contributed by atoms with van der Waals surface area (Å²) in [5, 5.41) is 12.5. The van der Waals surface area contributed by atoms with E-state index in [1.165, 1.54) is 16.7 Å². The molecule has 0 bridgehead atoms. The molecule has 0 aliphatic rings. The van der Waals surface area contributed by atoms with Gasteiger partial charge in [-0.15, -0.1) is 0 Å². The van der Waals surface area contributed by atoms with Crippen molar-refractivity contribution in [1.82, 2.24) is 5.32 Å². The Hall–Kier alpha value is -0.860. The van der Waals surface area contributed by atoms with Crippen molar-refractivity contribution in [2.24, 2.45) is 0 Å². The van der Waals surface area contributed by atoms with Gasteiger partial charge in [-0.3, -0.25) is 0 Å². The standard InChI is InChI=1S/C12H19NO/c1-4-13-12(8-14)11-7-5-6-9(2)10(11)3/h5-7,12-14H,4,8H2,1-3H3. The van der Waals surface area contributed by atoms with Crippen LogP contribution in [-0.2, 0) is 0 Å². The van der Waals surface area contributed by atoms with Crippen molar-refractivity contribution in [2.75, 3.05) is 13.2 Å². The molecule has 2 N–H and O–H groups in total. The topological polar surface area (TPSA) is 32.3 Å². The van der Waals surface area contributed by atoms with Crippen LogP contribution in [0, 0.1) is 13.8 Å². The minimum absolute atomic E-state index is 0.0694. The number of likely N-dealkylation sites (N-methyl/N-ethyl adjacent to an activating group) is 1. The van der Waals surface area contributed by atoms with Gasteiger partial charge in [-0.1, -0.05) is 25.1 Å². The number of aliphatic hydroxyl groups is 1. The molecule has 0 fully saturated rings. The summed E-state index contributed by atoms with van der Waals surface area (Å²) in [6, 6.07) is 6.28. The van der Waals surface area contributed by atoms with Gasteiger partial charge >= 0.3 is 0 Å². The summed E-state index contributed by atoms with van der Waals surface area (Å²) >= 11 is 0. The molecule has 2 heteroatoms. The van der Waals surface area contributed by atoms with E-state index in [9.17, 15) is 5.11 Å². The maximum Gasteiger partial charge on any atom is 0.0626 e. The highest BCUT2D eigenvalue weighted by Gasteiger charge is 2.11. The van der Waals surface area contributed by atoms with Gasteiger partial charge in [-0.25, -0.2) is 0 Å². The van der Waals surface area contributed by atoms with Crippen molar-refractivity contribution in [3.63, 3.8) is 0 Å². The lowest BCUT2D eigenvalue weighted by Gasteiger charge is -2.18. The van der Waals surface area contributed by atoms with Gasteiger partial charge in [0.2, 0.25) is 0 Å². The zero-order valence-corrected chi connectivity index (χ0v) is 9.17. The predicted octanol–water partition coefficient (Wildman–Crippen LogP) is 1.95. The van der Waals surface area contributed by atoms with E-state index in [0.717, 1.165) is 6.54 Å². The predicted molar refractivity (Wildman–Crippen MR) is 59.4 cm³/mol. The molecule has 0 amide bonds. The number of hydrogen-bond acceptors (Lipinski definition) is 2. The van der Waals surface area contributed by atoms with Gasteiger partial charge < -0.3 is 10.4 Å². The highest BCUT2D eigenvalue weighted by molar-refractivity contribution is 5.35. The fraction of sp³-hybridized carbons (Fsp3) is 0.500. The Morgan fingerprint density at radius 1 is 1.36 bits per heavy atom. The first kappa shape index (κ1) is 11.2. The van der Waals surface area contributed by atoms with E-state index in [0.29, 0.717) is 0 Å². The summed E-state index contributed by atoms with van der Waals surface area (Å²) in [6.45, 7) is 7.27. The number of aryl methyl sites for hydroxylation is 1. The van der Waals surface area contributed by atoms with Crippen molar-refractivity contribution < 1.29 is 5.11 Å². The first-order chi connectivity index (χ1) is 6.70. The van der Waals surface area contributed by atoms with E-state index < -0.39 is 0 Å². The molecule has 1 aromatic carbocycles. The number of hydrogen-bond donors (Lipinski definition) is 2. The Morgan fingerprint density at radius 3 is 2.64 bits per heavy atom. The lowest BCUT2D eigenvalue weighted by atomic mass is 9.98. The normalized spacial score (nSPS) is 12.9. The minimum atomic E-state index is 0.0694. The third-order valence-electron chi connectivity index (χ3n) is 2.66. The first-order valence-electron chi connectivity index (χ1n) is 5.11. The molecule has 0 saturated carbocycles. The Balaban J connectivity index is 2.97. The van der Waals surface area contributed by atoms with Gasteiger partial charge in [0, 0.05) is 0 Å². The molecule has 0 aromatic heterocycles. The zero-order chi connectivity index (χ0) is 10.6. The van der Waals surface area contributed by atoms with Crippen molar-refractivity contribution >= 4 is 0 Å². The quantitative estimate of drug-likeness (QED) is 0.766. The number of benzene rings is 1. The van der Waals surface area contributed by atoms with E-state index in [4.69, 9.17) is 0 Å². The van der Waals surface area contributed by atoms with Crippen LogP contribution < -0.4 is 5.32 Å². The van der Waals surface area contributed by atoms with Gasteiger partial charge in [-0.2, -0.15) is 0 Å². The molecule has 0 aliphatic carbocycles. The van der Waals surface area contributed by atoms with Gasteiger partial charge in [0.15, 0.2) is 0 Å². The fourth-order valence-corrected chi connectivity index (χ4v) is 1.67. The van der Waals surface area contributed by atoms with Crippen LogP contribution in [0.5, 0.6) is 0 Å². The molecule has 1 unspecified atom stereocenters. The highest BCUT2D eigenvalue weighted by Crippen LogP contribution is 2.19. The number of aliphatic hydroxyl groups excluding tert-OH is 1. The van der Waals surface area contributed by atoms with Crippen molar-refractivity contribution in [1.29, 1.82) is 0 Å². The van der Waals surface area contributed by atoms with Crippen LogP contribution >= 0.6 is 0 Å². The molecule has 78 valence electrons. The molecule has 0 aliphatic heterocycles. The Kier molecular flexibility index (Phi) is 4.11. The molecule has 0 spiro atoms. The molecule has 2 nitrogen and oxygen atoms in total. The summed E-state index contributed by atoms with van der Waals surface area (Å²) in [4.78, 5) is 0. The summed E-state index contributed by atoms with van der Waals surface area (Å²) in [6.07, 6.45) is 0. The van der Waals surface area contributed by atoms with Crippen LogP contribution in [0.15, 0.2) is 18.2 Å². The van der Waals surface area contributed by atoms with Crippen molar-refractivity contribution in [3.05, 3.63) is 34.9 Å². The number of rotatable bonds is 4. The molecule has 0 saturated heterocycles. The maximum absolute atomic E-state index is 9.26. The van der Waals surface area contributed by atoms with E-state index in [2.05, 4.69) is 31.3 Å². The van der Waals surface area contributed by atoms with Gasteiger partial charge in [0.25, 0.3) is 0 Å². The lowest BCUT2D eigenvalue weighted by Crippen LogP contribution is -2.24. The second-order valence-electron chi connectivity index (χ2n) is 3.58. The van der Waals surface area contributed by atoms with Crippen LogP contribution in [0.4, 0.5) is 0 Å². The molecular weight excluding hydrogens is 174 g/mol. The average molecular weight is 193 g/mol. The second kappa shape index (κ2) is 5.13. The monoisotopic (exact) mass is 193 g/mol. The summed E-state index contributed by atoms with van der Waals surface area (Å²) in [5.74, 6) is 0. The van der Waals surface area contributed by atoms with E-state index >= 15 is 0 Å². The van der Waals surface area contributed by atoms with Gasteiger partial charge in [0.1, 0.15) is 0 Å². The van der Waals surface area contributed by atoms with E-state index in [-0.39, 0.29) is 12.6 Å². The molecule has 1 rings (SSSR count). The first-order valence-corrected chi connectivity index (χ1v) is 5.11. The Bertz CT molecular complexity index is 296. The van der Waals surface area contributed by atoms with Crippen LogP contribution in [0.3, 0.4) is 0 Å². The number of nitrogens with one attached hydrogen (secondary N) is 1. The minimum Gasteiger partial charge on any atom is -0.394 e. The molecule has 14 heavy (non-hydrogen) atoms. The molecular formula is C12H19NO.